The molecule has 4 heteroatoms. The van der Waals surface area contributed by atoms with Gasteiger partial charge in [0.15, 0.2) is 0 Å². The largest absolute Gasteiger partial charge is 0.374 e. The zero-order chi connectivity index (χ0) is 10.8. The average Bonchev–Trinajstić information content (AvgIpc) is 2.96. The second-order valence-corrected chi connectivity index (χ2v) is 6.23. The van der Waals surface area contributed by atoms with Gasteiger partial charge in [-0.1, -0.05) is 12.1 Å². The smallest absolute Gasteiger partial charge is 0.117 e. The van der Waals surface area contributed by atoms with Gasteiger partial charge in [0.05, 0.1) is 5.52 Å². The summed E-state index contributed by atoms with van der Waals surface area (Å²) in [6.07, 6.45) is 2.73. The fourth-order valence-electron chi connectivity index (χ4n) is 2.03. The fraction of sp³-hybridized carbons (Fsp3) is 0.417. The van der Waals surface area contributed by atoms with Crippen LogP contribution in [0, 0.1) is 0 Å². The summed E-state index contributed by atoms with van der Waals surface area (Å²) in [5.41, 5.74) is 1.11. The SMILES string of the molecule is c1ccc2c(NCC3CCCS3)snc2c1. The second kappa shape index (κ2) is 4.63. The van der Waals surface area contributed by atoms with Crippen LogP contribution in [0.1, 0.15) is 12.8 Å². The molecule has 0 saturated carbocycles. The van der Waals surface area contributed by atoms with Crippen LogP contribution in [0.15, 0.2) is 24.3 Å². The zero-order valence-corrected chi connectivity index (χ0v) is 10.6. The van der Waals surface area contributed by atoms with Crippen molar-refractivity contribution in [2.24, 2.45) is 0 Å². The van der Waals surface area contributed by atoms with E-state index in [1.54, 1.807) is 11.5 Å². The van der Waals surface area contributed by atoms with Crippen molar-refractivity contribution in [3.05, 3.63) is 24.3 Å². The van der Waals surface area contributed by atoms with Crippen LogP contribution >= 0.6 is 23.3 Å². The Morgan fingerprint density at radius 2 is 2.31 bits per heavy atom. The van der Waals surface area contributed by atoms with E-state index in [0.717, 1.165) is 17.3 Å². The summed E-state index contributed by atoms with van der Waals surface area (Å²) in [5, 5.41) is 6.82. The molecule has 84 valence electrons. The van der Waals surface area contributed by atoms with Crippen LogP contribution in [0.5, 0.6) is 0 Å². The van der Waals surface area contributed by atoms with Crippen LogP contribution in [-0.2, 0) is 0 Å². The molecule has 1 aromatic heterocycles. The monoisotopic (exact) mass is 250 g/mol. The highest BCUT2D eigenvalue weighted by Gasteiger charge is 2.15. The van der Waals surface area contributed by atoms with Gasteiger partial charge in [-0.15, -0.1) is 0 Å². The molecule has 1 saturated heterocycles. The van der Waals surface area contributed by atoms with Gasteiger partial charge in [-0.2, -0.15) is 16.1 Å². The van der Waals surface area contributed by atoms with E-state index >= 15 is 0 Å². The van der Waals surface area contributed by atoms with Crippen molar-refractivity contribution >= 4 is 39.2 Å². The minimum atomic E-state index is 0.792. The van der Waals surface area contributed by atoms with E-state index in [-0.39, 0.29) is 0 Å². The van der Waals surface area contributed by atoms with Crippen molar-refractivity contribution in [3.63, 3.8) is 0 Å². The van der Waals surface area contributed by atoms with Gasteiger partial charge < -0.3 is 5.32 Å². The molecule has 2 heterocycles. The van der Waals surface area contributed by atoms with Gasteiger partial charge in [-0.25, -0.2) is 0 Å². The molecule has 1 aliphatic heterocycles. The number of thioether (sulfide) groups is 1. The summed E-state index contributed by atoms with van der Waals surface area (Å²) in [7, 11) is 0. The van der Waals surface area contributed by atoms with Crippen molar-refractivity contribution in [1.82, 2.24) is 4.37 Å². The Morgan fingerprint density at radius 1 is 1.38 bits per heavy atom. The minimum absolute atomic E-state index is 0.792. The predicted molar refractivity (Wildman–Crippen MR) is 73.6 cm³/mol. The Labute approximate surface area is 104 Å². The van der Waals surface area contributed by atoms with Crippen LogP contribution in [0.25, 0.3) is 10.9 Å². The topological polar surface area (TPSA) is 24.9 Å². The van der Waals surface area contributed by atoms with Crippen molar-refractivity contribution in [2.75, 3.05) is 17.6 Å². The molecule has 2 aromatic rings. The Bertz CT molecular complexity index is 475. The molecule has 0 amide bonds. The van der Waals surface area contributed by atoms with Crippen LogP contribution in [0.4, 0.5) is 5.00 Å². The normalized spacial score (nSPS) is 20.4. The number of hydrogen-bond donors (Lipinski definition) is 1. The van der Waals surface area contributed by atoms with Gasteiger partial charge in [0, 0.05) is 17.2 Å². The van der Waals surface area contributed by atoms with Crippen LogP contribution < -0.4 is 5.32 Å². The Kier molecular flexibility index (Phi) is 3.02. The molecular weight excluding hydrogens is 236 g/mol. The third-order valence-electron chi connectivity index (χ3n) is 2.90. The van der Waals surface area contributed by atoms with E-state index in [1.807, 2.05) is 6.07 Å². The van der Waals surface area contributed by atoms with Crippen molar-refractivity contribution in [3.8, 4) is 0 Å². The van der Waals surface area contributed by atoms with Gasteiger partial charge in [0.25, 0.3) is 0 Å². The number of nitrogens with zero attached hydrogens (tertiary/aromatic N) is 1. The molecule has 0 radical (unpaired) electrons. The first-order valence-electron chi connectivity index (χ1n) is 5.63. The number of nitrogens with one attached hydrogen (secondary N) is 1. The molecule has 1 N–H and O–H groups in total. The molecule has 0 spiro atoms. The summed E-state index contributed by atoms with van der Waals surface area (Å²) in [6.45, 7) is 1.08. The van der Waals surface area contributed by atoms with Gasteiger partial charge in [-0.05, 0) is 42.3 Å². The minimum Gasteiger partial charge on any atom is -0.374 e. The maximum Gasteiger partial charge on any atom is 0.117 e. The summed E-state index contributed by atoms with van der Waals surface area (Å²) in [5.74, 6) is 1.33. The Morgan fingerprint density at radius 3 is 3.19 bits per heavy atom. The molecule has 1 fully saturated rings. The molecule has 3 rings (SSSR count). The molecule has 1 unspecified atom stereocenters. The first-order chi connectivity index (χ1) is 7.93. The molecular formula is C12H14N2S2. The number of rotatable bonds is 3. The van der Waals surface area contributed by atoms with Crippen LogP contribution in [0.2, 0.25) is 0 Å². The number of hydrogen-bond acceptors (Lipinski definition) is 4. The lowest BCUT2D eigenvalue weighted by molar-refractivity contribution is 0.807. The van der Waals surface area contributed by atoms with Crippen LogP contribution in [0.3, 0.4) is 0 Å². The Hall–Kier alpha value is -0.740. The molecule has 16 heavy (non-hydrogen) atoms. The van der Waals surface area contributed by atoms with Gasteiger partial charge in [0.1, 0.15) is 5.00 Å². The highest BCUT2D eigenvalue weighted by molar-refractivity contribution is 8.00. The van der Waals surface area contributed by atoms with E-state index in [9.17, 15) is 0 Å². The predicted octanol–water partition coefficient (Wildman–Crippen LogP) is 3.60. The van der Waals surface area contributed by atoms with E-state index in [1.165, 1.54) is 29.0 Å². The lowest BCUT2D eigenvalue weighted by Gasteiger charge is -2.09. The number of fused-ring (bicyclic) bond motifs is 1. The highest BCUT2D eigenvalue weighted by atomic mass is 32.2. The summed E-state index contributed by atoms with van der Waals surface area (Å²) in [6, 6.07) is 8.33. The maximum absolute atomic E-state index is 4.44. The average molecular weight is 250 g/mol. The molecule has 1 atom stereocenters. The third kappa shape index (κ3) is 2.04. The molecule has 0 bridgehead atoms. The summed E-state index contributed by atoms with van der Waals surface area (Å²) in [4.78, 5) is 0. The first-order valence-corrected chi connectivity index (χ1v) is 7.45. The first kappa shape index (κ1) is 10.4. The van der Waals surface area contributed by atoms with Gasteiger partial charge >= 0.3 is 0 Å². The standard InChI is InChI=1S/C12H14N2S2/c1-2-6-11-10(5-1)12(16-14-11)13-8-9-4-3-7-15-9/h1-2,5-6,9,13H,3-4,7-8H2. The van der Waals surface area contributed by atoms with Crippen LogP contribution in [-0.4, -0.2) is 21.9 Å². The van der Waals surface area contributed by atoms with Gasteiger partial charge in [-0.3, -0.25) is 0 Å². The third-order valence-corrected chi connectivity index (χ3v) is 5.13. The molecule has 2 nitrogen and oxygen atoms in total. The van der Waals surface area contributed by atoms with E-state index in [4.69, 9.17) is 0 Å². The maximum atomic E-state index is 4.44. The summed E-state index contributed by atoms with van der Waals surface area (Å²) < 4.78 is 4.44. The number of benzene rings is 1. The van der Waals surface area contributed by atoms with Crippen molar-refractivity contribution in [1.29, 1.82) is 0 Å². The zero-order valence-electron chi connectivity index (χ0n) is 8.98. The highest BCUT2D eigenvalue weighted by Crippen LogP contribution is 2.30. The van der Waals surface area contributed by atoms with E-state index < -0.39 is 0 Å². The van der Waals surface area contributed by atoms with Crippen molar-refractivity contribution < 1.29 is 0 Å². The Balaban J connectivity index is 1.73. The summed E-state index contributed by atoms with van der Waals surface area (Å²) >= 11 is 3.67. The quantitative estimate of drug-likeness (QED) is 0.901. The molecule has 1 aliphatic rings. The van der Waals surface area contributed by atoms with E-state index in [2.05, 4.69) is 39.7 Å². The van der Waals surface area contributed by atoms with Crippen molar-refractivity contribution in [2.45, 2.75) is 18.1 Å². The van der Waals surface area contributed by atoms with Gasteiger partial charge in [0.2, 0.25) is 0 Å². The number of aromatic nitrogens is 1. The lowest BCUT2D eigenvalue weighted by Crippen LogP contribution is -2.12. The molecule has 1 aromatic carbocycles. The van der Waals surface area contributed by atoms with E-state index in [0.29, 0.717) is 0 Å². The second-order valence-electron chi connectivity index (χ2n) is 4.04. The number of anilines is 1. The fourth-order valence-corrected chi connectivity index (χ4v) is 4.00. The molecule has 0 aliphatic carbocycles. The lowest BCUT2D eigenvalue weighted by atomic mass is 10.2.